The maximum Gasteiger partial charge on any atom is 0.247 e. The van der Waals surface area contributed by atoms with E-state index in [0.717, 1.165) is 44.9 Å². The van der Waals surface area contributed by atoms with Gasteiger partial charge < -0.3 is 10.2 Å². The number of nitrogens with zero attached hydrogens (tertiary/aromatic N) is 3. The van der Waals surface area contributed by atoms with Crippen LogP contribution in [0.2, 0.25) is 0 Å². The average Bonchev–Trinajstić information content (AvgIpc) is 2.65. The Kier molecular flexibility index (Phi) is 6.21. The summed E-state index contributed by atoms with van der Waals surface area (Å²) in [6.07, 6.45) is 8.73. The third kappa shape index (κ3) is 4.59. The van der Waals surface area contributed by atoms with Crippen LogP contribution in [0.5, 0.6) is 0 Å². The third-order valence-electron chi connectivity index (χ3n) is 5.41. The molecule has 7 heteroatoms. The molecule has 0 bridgehead atoms. The molecule has 0 radical (unpaired) electrons. The van der Waals surface area contributed by atoms with E-state index in [-0.39, 0.29) is 36.1 Å². The SMILES string of the molecule is CC[C@H](CN1CCN(C)CC1)NC(=O)CC1=NNC(=O)[C@H]2C=CC=C[C@@H]12. The Labute approximate surface area is 155 Å². The molecule has 3 atom stereocenters. The van der Waals surface area contributed by atoms with Gasteiger partial charge in [0, 0.05) is 44.7 Å². The van der Waals surface area contributed by atoms with Crippen LogP contribution in [0.15, 0.2) is 29.4 Å². The summed E-state index contributed by atoms with van der Waals surface area (Å²) in [5.74, 6) is -0.506. The Morgan fingerprint density at radius 3 is 2.65 bits per heavy atom. The summed E-state index contributed by atoms with van der Waals surface area (Å²) in [5.41, 5.74) is 3.27. The summed E-state index contributed by atoms with van der Waals surface area (Å²) in [6, 6.07) is 0.141. The van der Waals surface area contributed by atoms with Crippen LogP contribution in [0, 0.1) is 11.8 Å². The number of carbonyl (C=O) groups is 2. The van der Waals surface area contributed by atoms with Gasteiger partial charge in [-0.3, -0.25) is 14.5 Å². The molecule has 0 aromatic carbocycles. The van der Waals surface area contributed by atoms with Gasteiger partial charge in [0.25, 0.3) is 0 Å². The molecule has 0 unspecified atom stereocenters. The van der Waals surface area contributed by atoms with Crippen LogP contribution in [0.25, 0.3) is 0 Å². The molecule has 0 aromatic heterocycles. The lowest BCUT2D eigenvalue weighted by Gasteiger charge is -2.34. The summed E-state index contributed by atoms with van der Waals surface area (Å²) >= 11 is 0. The van der Waals surface area contributed by atoms with Crippen molar-refractivity contribution in [1.82, 2.24) is 20.5 Å². The van der Waals surface area contributed by atoms with Gasteiger partial charge in [0.1, 0.15) is 0 Å². The second-order valence-electron chi connectivity index (χ2n) is 7.35. The molecular weight excluding hydrogens is 330 g/mol. The van der Waals surface area contributed by atoms with Crippen LogP contribution in [-0.2, 0) is 9.59 Å². The number of nitrogens with one attached hydrogen (secondary N) is 2. The van der Waals surface area contributed by atoms with Gasteiger partial charge >= 0.3 is 0 Å². The van der Waals surface area contributed by atoms with Gasteiger partial charge in [-0.25, -0.2) is 5.43 Å². The molecule has 0 aromatic rings. The fourth-order valence-electron chi connectivity index (χ4n) is 3.67. The first-order valence-electron chi connectivity index (χ1n) is 9.48. The predicted molar refractivity (Wildman–Crippen MR) is 102 cm³/mol. The van der Waals surface area contributed by atoms with Gasteiger partial charge in [-0.15, -0.1) is 0 Å². The topological polar surface area (TPSA) is 77.0 Å². The summed E-state index contributed by atoms with van der Waals surface area (Å²) in [6.45, 7) is 7.22. The standard InChI is InChI=1S/C19H29N5O2/c1-3-14(13-24-10-8-23(2)9-11-24)20-18(25)12-17-15-6-4-5-7-16(15)19(26)22-21-17/h4-7,14-16H,3,8-13H2,1-2H3,(H,20,25)(H,22,26)/t14-,15-,16+/m1/s1. The number of likely N-dealkylation sites (N-methyl/N-ethyl adjacent to an activating group) is 1. The lowest BCUT2D eigenvalue weighted by atomic mass is 9.82. The van der Waals surface area contributed by atoms with Crippen molar-refractivity contribution in [2.75, 3.05) is 39.8 Å². The number of hydrazone groups is 1. The lowest BCUT2D eigenvalue weighted by Crippen LogP contribution is -2.51. The summed E-state index contributed by atoms with van der Waals surface area (Å²) in [5, 5.41) is 7.30. The highest BCUT2D eigenvalue weighted by atomic mass is 16.2. The number of piperazine rings is 1. The molecule has 2 heterocycles. The van der Waals surface area contributed by atoms with Crippen LogP contribution < -0.4 is 10.7 Å². The number of rotatable bonds is 6. The van der Waals surface area contributed by atoms with Crippen molar-refractivity contribution in [3.8, 4) is 0 Å². The van der Waals surface area contributed by atoms with Crippen LogP contribution in [0.4, 0.5) is 0 Å². The zero-order valence-electron chi connectivity index (χ0n) is 15.6. The van der Waals surface area contributed by atoms with E-state index in [1.54, 1.807) is 0 Å². The largest absolute Gasteiger partial charge is 0.352 e. The molecule has 26 heavy (non-hydrogen) atoms. The van der Waals surface area contributed by atoms with E-state index in [2.05, 4.69) is 39.6 Å². The quantitative estimate of drug-likeness (QED) is 0.718. The van der Waals surface area contributed by atoms with E-state index < -0.39 is 0 Å². The van der Waals surface area contributed by atoms with Crippen LogP contribution in [0.3, 0.4) is 0 Å². The lowest BCUT2D eigenvalue weighted by molar-refractivity contribution is -0.125. The molecule has 3 aliphatic rings. The number of carbonyl (C=O) groups excluding carboxylic acids is 2. The first-order valence-corrected chi connectivity index (χ1v) is 9.48. The fraction of sp³-hybridized carbons (Fsp3) is 0.632. The number of allylic oxidation sites excluding steroid dienone is 3. The van der Waals surface area contributed by atoms with Crippen molar-refractivity contribution >= 4 is 17.5 Å². The summed E-state index contributed by atoms with van der Waals surface area (Å²) in [4.78, 5) is 29.2. The maximum atomic E-state index is 12.6. The monoisotopic (exact) mass is 359 g/mol. The Bertz CT molecular complexity index is 619. The van der Waals surface area contributed by atoms with Gasteiger partial charge in [0.05, 0.1) is 18.1 Å². The molecule has 1 fully saturated rings. The van der Waals surface area contributed by atoms with Crippen molar-refractivity contribution in [1.29, 1.82) is 0 Å². The minimum Gasteiger partial charge on any atom is -0.352 e. The molecule has 1 aliphatic carbocycles. The summed E-state index contributed by atoms with van der Waals surface area (Å²) in [7, 11) is 2.14. The van der Waals surface area contributed by atoms with E-state index >= 15 is 0 Å². The fourth-order valence-corrected chi connectivity index (χ4v) is 3.67. The molecule has 2 aliphatic heterocycles. The van der Waals surface area contributed by atoms with Gasteiger partial charge in [-0.05, 0) is 13.5 Å². The number of hydrogen-bond donors (Lipinski definition) is 2. The van der Waals surface area contributed by atoms with Gasteiger partial charge in [-0.2, -0.15) is 5.10 Å². The smallest absolute Gasteiger partial charge is 0.247 e. The van der Waals surface area contributed by atoms with Crippen LogP contribution in [0.1, 0.15) is 19.8 Å². The number of fused-ring (bicyclic) bond motifs is 1. The Morgan fingerprint density at radius 1 is 1.27 bits per heavy atom. The molecule has 2 N–H and O–H groups in total. The number of hydrogen-bond acceptors (Lipinski definition) is 5. The second-order valence-corrected chi connectivity index (χ2v) is 7.35. The highest BCUT2D eigenvalue weighted by molar-refractivity contribution is 6.07. The highest BCUT2D eigenvalue weighted by Gasteiger charge is 2.34. The van der Waals surface area contributed by atoms with E-state index in [9.17, 15) is 9.59 Å². The second kappa shape index (κ2) is 8.60. The minimum absolute atomic E-state index is 0.0254. The molecule has 7 nitrogen and oxygen atoms in total. The number of amides is 2. The molecule has 3 rings (SSSR count). The first kappa shape index (κ1) is 18.8. The first-order chi connectivity index (χ1) is 12.6. The van der Waals surface area contributed by atoms with Crippen molar-refractivity contribution in [2.24, 2.45) is 16.9 Å². The van der Waals surface area contributed by atoms with E-state index in [4.69, 9.17) is 0 Å². The third-order valence-corrected chi connectivity index (χ3v) is 5.41. The Hall–Kier alpha value is -1.99. The molecule has 1 saturated heterocycles. The van der Waals surface area contributed by atoms with Crippen molar-refractivity contribution in [3.63, 3.8) is 0 Å². The van der Waals surface area contributed by atoms with E-state index in [1.165, 1.54) is 0 Å². The highest BCUT2D eigenvalue weighted by Crippen LogP contribution is 2.25. The Balaban J connectivity index is 1.53. The van der Waals surface area contributed by atoms with Gasteiger partial charge in [0.15, 0.2) is 0 Å². The van der Waals surface area contributed by atoms with Crippen LogP contribution >= 0.6 is 0 Å². The normalized spacial score (nSPS) is 27.5. The summed E-state index contributed by atoms with van der Waals surface area (Å²) < 4.78 is 0. The van der Waals surface area contributed by atoms with E-state index in [1.807, 2.05) is 24.3 Å². The Morgan fingerprint density at radius 2 is 1.96 bits per heavy atom. The van der Waals surface area contributed by atoms with Gasteiger partial charge in [-0.1, -0.05) is 31.2 Å². The van der Waals surface area contributed by atoms with Gasteiger partial charge in [0.2, 0.25) is 11.8 Å². The predicted octanol–water partition coefficient (Wildman–Crippen LogP) is 0.363. The van der Waals surface area contributed by atoms with Crippen LogP contribution in [-0.4, -0.2) is 73.1 Å². The molecule has 2 amide bonds. The van der Waals surface area contributed by atoms with Crippen molar-refractivity contribution in [2.45, 2.75) is 25.8 Å². The van der Waals surface area contributed by atoms with Crippen molar-refractivity contribution < 1.29 is 9.59 Å². The average molecular weight is 359 g/mol. The molecule has 0 spiro atoms. The van der Waals surface area contributed by atoms with E-state index in [0.29, 0.717) is 0 Å². The minimum atomic E-state index is -0.257. The zero-order chi connectivity index (χ0) is 18.5. The zero-order valence-corrected chi connectivity index (χ0v) is 15.6. The van der Waals surface area contributed by atoms with Crippen molar-refractivity contribution in [3.05, 3.63) is 24.3 Å². The molecular formula is C19H29N5O2. The molecule has 142 valence electrons. The maximum absolute atomic E-state index is 12.6. The molecule has 0 saturated carbocycles.